The minimum Gasteiger partial charge on any atom is -0.383 e. The van der Waals surface area contributed by atoms with Crippen molar-refractivity contribution in [3.63, 3.8) is 0 Å². The lowest BCUT2D eigenvalue weighted by atomic mass is 10.1. The maximum atomic E-state index is 5.72. The number of benzene rings is 1. The predicted molar refractivity (Wildman–Crippen MR) is 72.5 cm³/mol. The molecule has 17 heavy (non-hydrogen) atoms. The third kappa shape index (κ3) is 3.07. The van der Waals surface area contributed by atoms with E-state index in [0.717, 1.165) is 29.6 Å². The van der Waals surface area contributed by atoms with Gasteiger partial charge in [-0.2, -0.15) is 10.2 Å². The van der Waals surface area contributed by atoms with Gasteiger partial charge in [-0.3, -0.25) is 0 Å². The fourth-order valence-electron chi connectivity index (χ4n) is 1.72. The number of nitrogens with one attached hydrogen (secondary N) is 1. The lowest BCUT2D eigenvalue weighted by Crippen LogP contribution is -2.12. The Morgan fingerprint density at radius 1 is 1.35 bits per heavy atom. The SMILES string of the molecule is CC(CCCl)CNc1cnnc2ccccc12. The number of halogens is 1. The molecule has 0 aliphatic heterocycles. The number of anilines is 1. The van der Waals surface area contributed by atoms with Crippen LogP contribution in [0.2, 0.25) is 0 Å². The van der Waals surface area contributed by atoms with Crippen LogP contribution in [0.1, 0.15) is 13.3 Å². The Labute approximate surface area is 106 Å². The topological polar surface area (TPSA) is 37.8 Å². The van der Waals surface area contributed by atoms with Crippen molar-refractivity contribution in [1.82, 2.24) is 10.2 Å². The Kier molecular flexibility index (Phi) is 4.15. The summed E-state index contributed by atoms with van der Waals surface area (Å²) < 4.78 is 0. The van der Waals surface area contributed by atoms with Gasteiger partial charge in [-0.1, -0.05) is 25.1 Å². The first-order chi connectivity index (χ1) is 8.31. The molecule has 0 spiro atoms. The van der Waals surface area contributed by atoms with E-state index in [1.807, 2.05) is 18.2 Å². The minimum absolute atomic E-state index is 0.555. The van der Waals surface area contributed by atoms with Crippen molar-refractivity contribution in [2.24, 2.45) is 5.92 Å². The van der Waals surface area contributed by atoms with Crippen LogP contribution in [0.25, 0.3) is 10.9 Å². The predicted octanol–water partition coefficient (Wildman–Crippen LogP) is 3.31. The van der Waals surface area contributed by atoms with E-state index in [9.17, 15) is 0 Å². The fourth-order valence-corrected chi connectivity index (χ4v) is 2.09. The molecule has 2 rings (SSSR count). The quantitative estimate of drug-likeness (QED) is 0.827. The van der Waals surface area contributed by atoms with Gasteiger partial charge in [0.15, 0.2) is 0 Å². The Balaban J connectivity index is 2.13. The number of fused-ring (bicyclic) bond motifs is 1. The minimum atomic E-state index is 0.555. The van der Waals surface area contributed by atoms with Crippen LogP contribution in [0.5, 0.6) is 0 Å². The Morgan fingerprint density at radius 2 is 2.18 bits per heavy atom. The van der Waals surface area contributed by atoms with E-state index in [-0.39, 0.29) is 0 Å². The van der Waals surface area contributed by atoms with Gasteiger partial charge in [0.25, 0.3) is 0 Å². The summed E-state index contributed by atoms with van der Waals surface area (Å²) in [5, 5.41) is 12.6. The molecule has 0 saturated heterocycles. The lowest BCUT2D eigenvalue weighted by Gasteiger charge is -2.13. The first-order valence-corrected chi connectivity index (χ1v) is 6.35. The van der Waals surface area contributed by atoms with E-state index in [2.05, 4.69) is 28.5 Å². The highest BCUT2D eigenvalue weighted by Gasteiger charge is 2.04. The molecule has 1 heterocycles. The maximum Gasteiger partial charge on any atom is 0.0950 e. The van der Waals surface area contributed by atoms with Crippen LogP contribution in [0.15, 0.2) is 30.5 Å². The average Bonchev–Trinajstić information content (AvgIpc) is 2.36. The Bertz CT molecular complexity index is 482. The van der Waals surface area contributed by atoms with Crippen LogP contribution in [-0.4, -0.2) is 22.6 Å². The second kappa shape index (κ2) is 5.82. The van der Waals surface area contributed by atoms with Crippen molar-refractivity contribution in [2.45, 2.75) is 13.3 Å². The lowest BCUT2D eigenvalue weighted by molar-refractivity contribution is 0.597. The molecular formula is C13H16ClN3. The molecular weight excluding hydrogens is 234 g/mol. The zero-order valence-electron chi connectivity index (χ0n) is 9.86. The Morgan fingerprint density at radius 3 is 3.00 bits per heavy atom. The highest BCUT2D eigenvalue weighted by Crippen LogP contribution is 2.20. The smallest absolute Gasteiger partial charge is 0.0950 e. The summed E-state index contributed by atoms with van der Waals surface area (Å²) in [7, 11) is 0. The first kappa shape index (κ1) is 12.1. The van der Waals surface area contributed by atoms with E-state index in [4.69, 9.17) is 11.6 Å². The third-order valence-electron chi connectivity index (χ3n) is 2.79. The van der Waals surface area contributed by atoms with E-state index in [1.54, 1.807) is 6.20 Å². The molecule has 0 aliphatic rings. The summed E-state index contributed by atoms with van der Waals surface area (Å²) in [6.07, 6.45) is 2.79. The number of nitrogens with zero attached hydrogens (tertiary/aromatic N) is 2. The second-order valence-electron chi connectivity index (χ2n) is 4.24. The molecule has 90 valence electrons. The van der Waals surface area contributed by atoms with Crippen molar-refractivity contribution < 1.29 is 0 Å². The molecule has 0 fully saturated rings. The molecule has 1 aromatic carbocycles. The second-order valence-corrected chi connectivity index (χ2v) is 4.62. The van der Waals surface area contributed by atoms with Crippen molar-refractivity contribution in [3.05, 3.63) is 30.5 Å². The van der Waals surface area contributed by atoms with Crippen molar-refractivity contribution in [1.29, 1.82) is 0 Å². The normalized spacial score (nSPS) is 12.6. The monoisotopic (exact) mass is 249 g/mol. The van der Waals surface area contributed by atoms with E-state index in [0.29, 0.717) is 11.8 Å². The van der Waals surface area contributed by atoms with Gasteiger partial charge in [0.05, 0.1) is 17.4 Å². The van der Waals surface area contributed by atoms with Gasteiger partial charge in [0, 0.05) is 17.8 Å². The average molecular weight is 250 g/mol. The molecule has 0 aliphatic carbocycles. The molecule has 1 aromatic heterocycles. The molecule has 0 radical (unpaired) electrons. The summed E-state index contributed by atoms with van der Waals surface area (Å²) in [4.78, 5) is 0. The van der Waals surface area contributed by atoms with E-state index in [1.165, 1.54) is 0 Å². The van der Waals surface area contributed by atoms with Crippen LogP contribution in [0, 0.1) is 5.92 Å². The number of hydrogen-bond acceptors (Lipinski definition) is 3. The molecule has 3 nitrogen and oxygen atoms in total. The largest absolute Gasteiger partial charge is 0.383 e. The van der Waals surface area contributed by atoms with Crippen LogP contribution < -0.4 is 5.32 Å². The summed E-state index contributed by atoms with van der Waals surface area (Å²) in [6, 6.07) is 8.00. The molecule has 0 bridgehead atoms. The number of rotatable bonds is 5. The Hall–Kier alpha value is -1.35. The summed E-state index contributed by atoms with van der Waals surface area (Å²) in [6.45, 7) is 3.09. The number of alkyl halides is 1. The van der Waals surface area contributed by atoms with Crippen LogP contribution >= 0.6 is 11.6 Å². The van der Waals surface area contributed by atoms with Crippen molar-refractivity contribution in [3.8, 4) is 0 Å². The zero-order chi connectivity index (χ0) is 12.1. The molecule has 1 atom stereocenters. The molecule has 4 heteroatoms. The highest BCUT2D eigenvalue weighted by molar-refractivity contribution is 6.17. The third-order valence-corrected chi connectivity index (χ3v) is 3.01. The van der Waals surface area contributed by atoms with Gasteiger partial charge in [-0.15, -0.1) is 11.6 Å². The molecule has 1 unspecified atom stereocenters. The summed E-state index contributed by atoms with van der Waals surface area (Å²) in [5.41, 5.74) is 1.96. The number of aromatic nitrogens is 2. The van der Waals surface area contributed by atoms with Crippen LogP contribution in [0.3, 0.4) is 0 Å². The molecule has 2 aromatic rings. The van der Waals surface area contributed by atoms with Crippen LogP contribution in [0.4, 0.5) is 5.69 Å². The standard InChI is InChI=1S/C13H16ClN3/c1-10(6-7-14)8-15-13-9-16-17-12-5-3-2-4-11(12)13/h2-5,9-10H,6-8H2,1H3,(H,15,17). The van der Waals surface area contributed by atoms with Gasteiger partial charge >= 0.3 is 0 Å². The number of hydrogen-bond donors (Lipinski definition) is 1. The fraction of sp³-hybridized carbons (Fsp3) is 0.385. The zero-order valence-corrected chi connectivity index (χ0v) is 10.6. The van der Waals surface area contributed by atoms with Gasteiger partial charge in [-0.05, 0) is 18.4 Å². The first-order valence-electron chi connectivity index (χ1n) is 5.81. The van der Waals surface area contributed by atoms with Gasteiger partial charge in [0.1, 0.15) is 0 Å². The van der Waals surface area contributed by atoms with Gasteiger partial charge in [0.2, 0.25) is 0 Å². The molecule has 0 amide bonds. The molecule has 1 N–H and O–H groups in total. The molecule has 0 saturated carbocycles. The summed E-state index contributed by atoms with van der Waals surface area (Å²) in [5.74, 6) is 1.26. The van der Waals surface area contributed by atoms with Crippen molar-refractivity contribution in [2.75, 3.05) is 17.7 Å². The summed E-state index contributed by atoms with van der Waals surface area (Å²) >= 11 is 5.72. The van der Waals surface area contributed by atoms with Gasteiger partial charge < -0.3 is 5.32 Å². The highest BCUT2D eigenvalue weighted by atomic mass is 35.5. The maximum absolute atomic E-state index is 5.72. The van der Waals surface area contributed by atoms with Gasteiger partial charge in [-0.25, -0.2) is 0 Å². The van der Waals surface area contributed by atoms with Crippen LogP contribution in [-0.2, 0) is 0 Å². The van der Waals surface area contributed by atoms with Crippen molar-refractivity contribution >= 4 is 28.2 Å². The van der Waals surface area contributed by atoms with E-state index >= 15 is 0 Å². The van der Waals surface area contributed by atoms with E-state index < -0.39 is 0 Å².